The first-order valence-corrected chi connectivity index (χ1v) is 8.86. The molecule has 2 N–H and O–H groups in total. The zero-order valence-electron chi connectivity index (χ0n) is 14.4. The Bertz CT molecular complexity index is 931. The molecule has 0 saturated carbocycles. The van der Waals surface area contributed by atoms with Crippen molar-refractivity contribution in [2.24, 2.45) is 0 Å². The molecule has 0 bridgehead atoms. The third-order valence-corrected chi connectivity index (χ3v) is 4.88. The van der Waals surface area contributed by atoms with Gasteiger partial charge in [-0.1, -0.05) is 6.07 Å². The molecule has 0 spiro atoms. The molecule has 2 aromatic carbocycles. The first kappa shape index (κ1) is 16.5. The number of aromatic nitrogens is 1. The zero-order valence-corrected chi connectivity index (χ0v) is 14.4. The Morgan fingerprint density at radius 3 is 2.65 bits per heavy atom. The van der Waals surface area contributed by atoms with Crippen molar-refractivity contribution in [3.63, 3.8) is 0 Å². The third-order valence-electron chi connectivity index (χ3n) is 4.88. The van der Waals surface area contributed by atoms with Crippen LogP contribution in [0.2, 0.25) is 0 Å². The lowest BCUT2D eigenvalue weighted by Gasteiger charge is -2.11. The second-order valence-corrected chi connectivity index (χ2v) is 6.62. The van der Waals surface area contributed by atoms with Crippen molar-refractivity contribution < 1.29 is 19.4 Å². The summed E-state index contributed by atoms with van der Waals surface area (Å²) in [5.74, 6) is 1.02. The Balaban J connectivity index is 1.30. The summed E-state index contributed by atoms with van der Waals surface area (Å²) in [6.07, 6.45) is 3.92. The molecule has 1 aromatic heterocycles. The maximum atomic E-state index is 10.9. The fourth-order valence-electron chi connectivity index (χ4n) is 3.63. The second-order valence-electron chi connectivity index (χ2n) is 6.62. The fraction of sp³-hybridized carbons (Fsp3) is 0.286. The van der Waals surface area contributed by atoms with Crippen LogP contribution in [0.1, 0.15) is 29.9 Å². The van der Waals surface area contributed by atoms with E-state index in [0.717, 1.165) is 40.8 Å². The van der Waals surface area contributed by atoms with Crippen molar-refractivity contribution in [2.75, 3.05) is 13.2 Å². The molecule has 0 saturated heterocycles. The van der Waals surface area contributed by atoms with E-state index in [0.29, 0.717) is 13.2 Å². The van der Waals surface area contributed by atoms with Gasteiger partial charge in [-0.2, -0.15) is 0 Å². The standard InChI is InChI=1S/C21H21NO4/c23-21(24)13-15-2-1-14-11-17(3-5-19(14)15)25-9-10-26-18-4-6-20-16(12-18)7-8-22-20/h3-8,11-12,15,22H,1-2,9-10,13H2,(H,23,24)/t15-/m0/s1. The van der Waals surface area contributed by atoms with E-state index in [2.05, 4.69) is 4.98 Å². The van der Waals surface area contributed by atoms with Gasteiger partial charge in [0.25, 0.3) is 0 Å². The van der Waals surface area contributed by atoms with Gasteiger partial charge in [0.15, 0.2) is 0 Å². The molecule has 1 aliphatic carbocycles. The average molecular weight is 351 g/mol. The van der Waals surface area contributed by atoms with Crippen molar-refractivity contribution >= 4 is 16.9 Å². The molecule has 0 amide bonds. The van der Waals surface area contributed by atoms with Crippen LogP contribution in [0.3, 0.4) is 0 Å². The number of aliphatic carboxylic acids is 1. The van der Waals surface area contributed by atoms with Crippen LogP contribution in [-0.2, 0) is 11.2 Å². The van der Waals surface area contributed by atoms with Crippen molar-refractivity contribution in [3.8, 4) is 11.5 Å². The number of carboxylic acid groups (broad SMARTS) is 1. The summed E-state index contributed by atoms with van der Waals surface area (Å²) in [7, 11) is 0. The highest BCUT2D eigenvalue weighted by atomic mass is 16.5. The highest BCUT2D eigenvalue weighted by Gasteiger charge is 2.24. The van der Waals surface area contributed by atoms with Gasteiger partial charge < -0.3 is 19.6 Å². The molecule has 1 heterocycles. The lowest BCUT2D eigenvalue weighted by Crippen LogP contribution is -2.09. The van der Waals surface area contributed by atoms with Gasteiger partial charge in [-0.3, -0.25) is 4.79 Å². The number of aromatic amines is 1. The number of rotatable bonds is 7. The lowest BCUT2D eigenvalue weighted by atomic mass is 9.98. The van der Waals surface area contributed by atoms with Gasteiger partial charge in [0.1, 0.15) is 24.7 Å². The van der Waals surface area contributed by atoms with Crippen LogP contribution in [0, 0.1) is 0 Å². The van der Waals surface area contributed by atoms with Gasteiger partial charge in [-0.15, -0.1) is 0 Å². The number of benzene rings is 2. The van der Waals surface area contributed by atoms with Gasteiger partial charge in [0.05, 0.1) is 6.42 Å². The summed E-state index contributed by atoms with van der Waals surface area (Å²) < 4.78 is 11.5. The molecule has 0 radical (unpaired) electrons. The molecule has 1 atom stereocenters. The quantitative estimate of drug-likeness (QED) is 0.628. The molecule has 5 heteroatoms. The lowest BCUT2D eigenvalue weighted by molar-refractivity contribution is -0.137. The van der Waals surface area contributed by atoms with E-state index in [9.17, 15) is 4.79 Å². The molecule has 5 nitrogen and oxygen atoms in total. The number of ether oxygens (including phenoxy) is 2. The van der Waals surface area contributed by atoms with Crippen molar-refractivity contribution in [1.82, 2.24) is 4.98 Å². The van der Waals surface area contributed by atoms with Crippen LogP contribution < -0.4 is 9.47 Å². The van der Waals surface area contributed by atoms with Gasteiger partial charge in [0, 0.05) is 17.1 Å². The Kier molecular flexibility index (Phi) is 4.52. The molecule has 134 valence electrons. The SMILES string of the molecule is O=C(O)C[C@@H]1CCc2cc(OCCOc3ccc4[nH]ccc4c3)ccc21. The van der Waals surface area contributed by atoms with E-state index in [4.69, 9.17) is 14.6 Å². The van der Waals surface area contributed by atoms with E-state index in [1.54, 1.807) is 0 Å². The van der Waals surface area contributed by atoms with Crippen molar-refractivity contribution in [3.05, 3.63) is 59.8 Å². The molecule has 3 aromatic rings. The van der Waals surface area contributed by atoms with Crippen molar-refractivity contribution in [2.45, 2.75) is 25.2 Å². The number of carbonyl (C=O) groups is 1. The number of H-pyrrole nitrogens is 1. The Labute approximate surface area is 151 Å². The predicted molar refractivity (Wildman–Crippen MR) is 99.0 cm³/mol. The van der Waals surface area contributed by atoms with Crippen LogP contribution in [0.5, 0.6) is 11.5 Å². The molecule has 26 heavy (non-hydrogen) atoms. The van der Waals surface area contributed by atoms with Crippen LogP contribution in [0.25, 0.3) is 10.9 Å². The molecule has 0 aliphatic heterocycles. The fourth-order valence-corrected chi connectivity index (χ4v) is 3.63. The van der Waals surface area contributed by atoms with E-state index < -0.39 is 5.97 Å². The Morgan fingerprint density at radius 2 is 1.85 bits per heavy atom. The Morgan fingerprint density at radius 1 is 1.08 bits per heavy atom. The second kappa shape index (κ2) is 7.12. The zero-order chi connectivity index (χ0) is 17.9. The maximum Gasteiger partial charge on any atom is 0.303 e. The van der Waals surface area contributed by atoms with Crippen LogP contribution in [-0.4, -0.2) is 29.3 Å². The number of hydrogen-bond donors (Lipinski definition) is 2. The van der Waals surface area contributed by atoms with Crippen LogP contribution in [0.4, 0.5) is 0 Å². The van der Waals surface area contributed by atoms with E-state index in [1.165, 1.54) is 5.56 Å². The summed E-state index contributed by atoms with van der Waals surface area (Å²) in [5, 5.41) is 10.1. The molecule has 0 fully saturated rings. The molecular formula is C21H21NO4. The number of hydrogen-bond acceptors (Lipinski definition) is 3. The summed E-state index contributed by atoms with van der Waals surface area (Å²) >= 11 is 0. The first-order valence-electron chi connectivity index (χ1n) is 8.86. The summed E-state index contributed by atoms with van der Waals surface area (Å²) in [6, 6.07) is 13.9. The minimum absolute atomic E-state index is 0.128. The van der Waals surface area contributed by atoms with Crippen LogP contribution >= 0.6 is 0 Å². The molecular weight excluding hydrogens is 330 g/mol. The monoisotopic (exact) mass is 351 g/mol. The summed E-state index contributed by atoms with van der Waals surface area (Å²) in [5.41, 5.74) is 3.44. The number of aryl methyl sites for hydroxylation is 1. The van der Waals surface area contributed by atoms with Crippen molar-refractivity contribution in [1.29, 1.82) is 0 Å². The normalized spacial score (nSPS) is 15.8. The highest BCUT2D eigenvalue weighted by Crippen LogP contribution is 2.37. The first-order chi connectivity index (χ1) is 12.7. The van der Waals surface area contributed by atoms with Gasteiger partial charge in [-0.05, 0) is 66.3 Å². The van der Waals surface area contributed by atoms with Crippen LogP contribution in [0.15, 0.2) is 48.7 Å². The van der Waals surface area contributed by atoms with Gasteiger partial charge in [-0.25, -0.2) is 0 Å². The van der Waals surface area contributed by atoms with Gasteiger partial charge in [0.2, 0.25) is 0 Å². The topological polar surface area (TPSA) is 71.6 Å². The Hall–Kier alpha value is -2.95. The predicted octanol–water partition coefficient (Wildman–Crippen LogP) is 4.13. The van der Waals surface area contributed by atoms with E-state index in [1.807, 2.05) is 48.7 Å². The average Bonchev–Trinajstić information content (AvgIpc) is 3.24. The number of carboxylic acids is 1. The summed E-state index contributed by atoms with van der Waals surface area (Å²) in [4.78, 5) is 14.1. The molecule has 4 rings (SSSR count). The smallest absolute Gasteiger partial charge is 0.303 e. The maximum absolute atomic E-state index is 10.9. The largest absolute Gasteiger partial charge is 0.490 e. The third kappa shape index (κ3) is 3.52. The van der Waals surface area contributed by atoms with E-state index >= 15 is 0 Å². The minimum Gasteiger partial charge on any atom is -0.490 e. The number of fused-ring (bicyclic) bond motifs is 2. The van der Waals surface area contributed by atoms with E-state index in [-0.39, 0.29) is 12.3 Å². The molecule has 0 unspecified atom stereocenters. The number of nitrogens with one attached hydrogen (secondary N) is 1. The van der Waals surface area contributed by atoms with Gasteiger partial charge >= 0.3 is 5.97 Å². The minimum atomic E-state index is -0.738. The molecule has 1 aliphatic rings. The highest BCUT2D eigenvalue weighted by molar-refractivity contribution is 5.80. The summed E-state index contributed by atoms with van der Waals surface area (Å²) in [6.45, 7) is 0.928.